The number of amidine groups is 1. The molecule has 104 valence electrons. The molecule has 0 aromatic heterocycles. The van der Waals surface area contributed by atoms with E-state index in [4.69, 9.17) is 0 Å². The van der Waals surface area contributed by atoms with Crippen LogP contribution in [0, 0.1) is 0 Å². The molecule has 2 unspecified atom stereocenters. The van der Waals surface area contributed by atoms with E-state index in [1.54, 1.807) is 0 Å². The molecule has 0 aliphatic carbocycles. The van der Waals surface area contributed by atoms with E-state index in [1.807, 2.05) is 11.8 Å². The molecule has 2 aromatic rings. The molecule has 0 saturated heterocycles. The van der Waals surface area contributed by atoms with E-state index in [9.17, 15) is 0 Å². The number of fused-ring (bicyclic) bond motifs is 1. The lowest BCUT2D eigenvalue weighted by molar-refractivity contribution is 0.661. The Bertz CT molecular complexity index is 669. The van der Waals surface area contributed by atoms with Crippen LogP contribution in [0.1, 0.15) is 20.3 Å². The fourth-order valence-electron chi connectivity index (χ4n) is 2.48. The molecule has 0 fully saturated rings. The summed E-state index contributed by atoms with van der Waals surface area (Å²) in [5.41, 5.74) is 1.10. The van der Waals surface area contributed by atoms with Crippen LogP contribution in [0.5, 0.6) is 0 Å². The summed E-state index contributed by atoms with van der Waals surface area (Å²) in [6.45, 7) is 4.44. The quantitative estimate of drug-likeness (QED) is 0.757. The molecule has 3 rings (SSSR count). The molecule has 0 saturated carbocycles. The van der Waals surface area contributed by atoms with Crippen LogP contribution in [0.15, 0.2) is 45.9 Å². The Hall–Kier alpha value is -1.00. The zero-order chi connectivity index (χ0) is 14.1. The number of rotatable bonds is 1. The number of aliphatic imine (C=N–C) groups is 1. The second-order valence-corrected chi connectivity index (χ2v) is 7.62. The average molecular weight is 349 g/mol. The van der Waals surface area contributed by atoms with E-state index in [2.05, 4.69) is 76.5 Å². The molecule has 1 aliphatic heterocycles. The molecule has 2 atom stereocenters. The Kier molecular flexibility index (Phi) is 4.03. The first-order chi connectivity index (χ1) is 9.60. The maximum absolute atomic E-state index is 4.68. The Morgan fingerprint density at radius 1 is 1.15 bits per heavy atom. The summed E-state index contributed by atoms with van der Waals surface area (Å²) in [6.07, 6.45) is 1.15. The SMILES string of the molecule is CC1CC(C)SC(Nc2ccc3cc(Br)ccc3c2)=N1. The minimum atomic E-state index is 0.408. The average Bonchev–Trinajstić information content (AvgIpc) is 2.38. The lowest BCUT2D eigenvalue weighted by Crippen LogP contribution is -2.22. The van der Waals surface area contributed by atoms with Crippen molar-refractivity contribution in [1.29, 1.82) is 0 Å². The van der Waals surface area contributed by atoms with E-state index in [0.717, 1.165) is 21.7 Å². The predicted octanol–water partition coefficient (Wildman–Crippen LogP) is 5.28. The largest absolute Gasteiger partial charge is 0.335 e. The summed E-state index contributed by atoms with van der Waals surface area (Å²) in [7, 11) is 0. The van der Waals surface area contributed by atoms with Crippen molar-refractivity contribution in [3.63, 3.8) is 0 Å². The van der Waals surface area contributed by atoms with Gasteiger partial charge < -0.3 is 5.32 Å². The standard InChI is InChI=1S/C16H17BrN2S/c1-10-7-11(2)20-16(18-10)19-15-6-4-12-8-14(17)5-3-13(12)9-15/h3-6,8-11H,7H2,1-2H3,(H,18,19). The highest BCUT2D eigenvalue weighted by Gasteiger charge is 2.18. The third-order valence-electron chi connectivity index (χ3n) is 3.38. The molecule has 20 heavy (non-hydrogen) atoms. The molecule has 0 spiro atoms. The molecule has 4 heteroatoms. The molecule has 2 nitrogen and oxygen atoms in total. The molecule has 1 N–H and O–H groups in total. The van der Waals surface area contributed by atoms with Gasteiger partial charge in [-0.1, -0.05) is 46.7 Å². The third-order valence-corrected chi connectivity index (χ3v) is 4.90. The number of hydrogen-bond acceptors (Lipinski definition) is 3. The van der Waals surface area contributed by atoms with Gasteiger partial charge in [-0.15, -0.1) is 0 Å². The molecule has 2 aromatic carbocycles. The number of hydrogen-bond donors (Lipinski definition) is 1. The maximum Gasteiger partial charge on any atom is 0.161 e. The van der Waals surface area contributed by atoms with Crippen LogP contribution >= 0.6 is 27.7 Å². The molecule has 0 bridgehead atoms. The summed E-state index contributed by atoms with van der Waals surface area (Å²) in [6, 6.07) is 13.2. The summed E-state index contributed by atoms with van der Waals surface area (Å²) < 4.78 is 1.11. The lowest BCUT2D eigenvalue weighted by Gasteiger charge is -2.23. The Balaban J connectivity index is 1.86. The van der Waals surface area contributed by atoms with Gasteiger partial charge in [-0.2, -0.15) is 0 Å². The van der Waals surface area contributed by atoms with E-state index in [0.29, 0.717) is 11.3 Å². The molecule has 1 aliphatic rings. The molecular formula is C16H17BrN2S. The van der Waals surface area contributed by atoms with Gasteiger partial charge in [0.25, 0.3) is 0 Å². The number of nitrogens with zero attached hydrogens (tertiary/aromatic N) is 1. The van der Waals surface area contributed by atoms with Gasteiger partial charge in [0.15, 0.2) is 5.17 Å². The second kappa shape index (κ2) is 5.78. The van der Waals surface area contributed by atoms with Crippen molar-refractivity contribution >= 4 is 49.3 Å². The van der Waals surface area contributed by atoms with Gasteiger partial charge in [-0.3, -0.25) is 4.99 Å². The normalized spacial score (nSPS) is 22.6. The van der Waals surface area contributed by atoms with Crippen molar-refractivity contribution in [1.82, 2.24) is 0 Å². The van der Waals surface area contributed by atoms with Crippen molar-refractivity contribution in [3.8, 4) is 0 Å². The first-order valence-electron chi connectivity index (χ1n) is 6.81. The van der Waals surface area contributed by atoms with Crippen LogP contribution in [0.3, 0.4) is 0 Å². The lowest BCUT2D eigenvalue weighted by atomic mass is 10.1. The van der Waals surface area contributed by atoms with Gasteiger partial charge in [0, 0.05) is 15.4 Å². The molecule has 0 radical (unpaired) electrons. The highest BCUT2D eigenvalue weighted by molar-refractivity contribution is 9.10. The fraction of sp³-hybridized carbons (Fsp3) is 0.312. The Labute approximate surface area is 132 Å². The van der Waals surface area contributed by atoms with Gasteiger partial charge in [0.1, 0.15) is 0 Å². The number of nitrogens with one attached hydrogen (secondary N) is 1. The zero-order valence-electron chi connectivity index (χ0n) is 11.6. The van der Waals surface area contributed by atoms with Crippen LogP contribution in [0.25, 0.3) is 10.8 Å². The van der Waals surface area contributed by atoms with Crippen molar-refractivity contribution < 1.29 is 0 Å². The summed E-state index contributed by atoms with van der Waals surface area (Å²) >= 11 is 5.33. The van der Waals surface area contributed by atoms with Crippen molar-refractivity contribution in [2.75, 3.05) is 5.32 Å². The van der Waals surface area contributed by atoms with E-state index in [-0.39, 0.29) is 0 Å². The number of halogens is 1. The Morgan fingerprint density at radius 3 is 2.70 bits per heavy atom. The highest BCUT2D eigenvalue weighted by Crippen LogP contribution is 2.28. The van der Waals surface area contributed by atoms with Gasteiger partial charge in [-0.05, 0) is 48.4 Å². The van der Waals surface area contributed by atoms with Crippen LogP contribution in [-0.4, -0.2) is 16.5 Å². The third kappa shape index (κ3) is 3.18. The fourth-order valence-corrected chi connectivity index (χ4v) is 4.03. The first-order valence-corrected chi connectivity index (χ1v) is 8.48. The van der Waals surface area contributed by atoms with E-state index in [1.165, 1.54) is 10.8 Å². The van der Waals surface area contributed by atoms with Crippen LogP contribution in [0.4, 0.5) is 5.69 Å². The smallest absolute Gasteiger partial charge is 0.161 e. The van der Waals surface area contributed by atoms with Crippen molar-refractivity contribution in [3.05, 3.63) is 40.9 Å². The van der Waals surface area contributed by atoms with E-state index < -0.39 is 0 Å². The molecule has 0 amide bonds. The monoisotopic (exact) mass is 348 g/mol. The van der Waals surface area contributed by atoms with Gasteiger partial charge in [-0.25, -0.2) is 0 Å². The molecule has 1 heterocycles. The maximum atomic E-state index is 4.68. The van der Waals surface area contributed by atoms with Crippen molar-refractivity contribution in [2.45, 2.75) is 31.6 Å². The van der Waals surface area contributed by atoms with Gasteiger partial charge in [0.05, 0.1) is 6.04 Å². The highest BCUT2D eigenvalue weighted by atomic mass is 79.9. The second-order valence-electron chi connectivity index (χ2n) is 5.28. The number of benzene rings is 2. The minimum Gasteiger partial charge on any atom is -0.335 e. The predicted molar refractivity (Wildman–Crippen MR) is 93.8 cm³/mol. The van der Waals surface area contributed by atoms with Gasteiger partial charge in [0.2, 0.25) is 0 Å². The first kappa shape index (κ1) is 14.0. The summed E-state index contributed by atoms with van der Waals surface area (Å²) in [5, 5.41) is 7.59. The zero-order valence-corrected chi connectivity index (χ0v) is 14.0. The van der Waals surface area contributed by atoms with Crippen LogP contribution in [-0.2, 0) is 0 Å². The minimum absolute atomic E-state index is 0.408. The summed E-state index contributed by atoms with van der Waals surface area (Å²) in [5.74, 6) is 0. The van der Waals surface area contributed by atoms with Crippen LogP contribution in [0.2, 0.25) is 0 Å². The summed E-state index contributed by atoms with van der Waals surface area (Å²) in [4.78, 5) is 4.68. The molecular weight excluding hydrogens is 332 g/mol. The topological polar surface area (TPSA) is 24.4 Å². The number of thioether (sulfide) groups is 1. The van der Waals surface area contributed by atoms with Crippen molar-refractivity contribution in [2.24, 2.45) is 4.99 Å². The van der Waals surface area contributed by atoms with Crippen LogP contribution < -0.4 is 5.32 Å². The van der Waals surface area contributed by atoms with Gasteiger partial charge >= 0.3 is 0 Å². The number of anilines is 1. The Morgan fingerprint density at radius 2 is 1.90 bits per heavy atom. The van der Waals surface area contributed by atoms with E-state index >= 15 is 0 Å².